The van der Waals surface area contributed by atoms with Crippen molar-refractivity contribution < 1.29 is 9.18 Å². The first-order valence-corrected chi connectivity index (χ1v) is 7.30. The van der Waals surface area contributed by atoms with Gasteiger partial charge in [-0.3, -0.25) is 4.79 Å². The average molecular weight is 304 g/mol. The van der Waals surface area contributed by atoms with E-state index in [4.69, 9.17) is 11.6 Å². The van der Waals surface area contributed by atoms with Crippen LogP contribution in [0, 0.1) is 0 Å². The number of benzene rings is 2. The fourth-order valence-electron chi connectivity index (χ4n) is 2.80. The predicted octanol–water partition coefficient (Wildman–Crippen LogP) is 4.03. The molecule has 0 aromatic heterocycles. The molecule has 2 nitrogen and oxygen atoms in total. The molecule has 4 heteroatoms. The Bertz CT molecular complexity index is 646. The first-order chi connectivity index (χ1) is 10.2. The Morgan fingerprint density at radius 2 is 1.76 bits per heavy atom. The quantitative estimate of drug-likeness (QED) is 0.838. The van der Waals surface area contributed by atoms with Gasteiger partial charge in [0, 0.05) is 23.2 Å². The Kier molecular flexibility index (Phi) is 3.93. The largest absolute Gasteiger partial charge is 0.306 e. The maximum Gasteiger partial charge on any atom is 0.261 e. The monoisotopic (exact) mass is 303 g/mol. The second kappa shape index (κ2) is 5.86. The fourth-order valence-corrected chi connectivity index (χ4v) is 3.01. The van der Waals surface area contributed by atoms with E-state index in [1.165, 1.54) is 0 Å². The van der Waals surface area contributed by atoms with E-state index in [9.17, 15) is 9.18 Å². The normalized spacial score (nSPS) is 21.8. The van der Waals surface area contributed by atoms with Gasteiger partial charge in [-0.25, -0.2) is 4.39 Å². The SMILES string of the molecule is O=C1C(F)CC(Cc2ccccc2Cl)N1c1ccccc1. The molecule has 1 aliphatic heterocycles. The summed E-state index contributed by atoms with van der Waals surface area (Å²) in [5.74, 6) is -0.460. The van der Waals surface area contributed by atoms with Crippen LogP contribution in [0.3, 0.4) is 0 Å². The number of nitrogens with zero attached hydrogens (tertiary/aromatic N) is 1. The number of hydrogen-bond donors (Lipinski definition) is 0. The topological polar surface area (TPSA) is 20.3 Å². The predicted molar refractivity (Wildman–Crippen MR) is 82.4 cm³/mol. The van der Waals surface area contributed by atoms with Crippen molar-refractivity contribution in [2.24, 2.45) is 0 Å². The zero-order valence-corrected chi connectivity index (χ0v) is 12.1. The van der Waals surface area contributed by atoms with Gasteiger partial charge in [0.15, 0.2) is 6.17 Å². The molecule has 1 aliphatic rings. The van der Waals surface area contributed by atoms with Gasteiger partial charge in [-0.15, -0.1) is 0 Å². The van der Waals surface area contributed by atoms with Gasteiger partial charge in [-0.1, -0.05) is 48.0 Å². The van der Waals surface area contributed by atoms with Crippen molar-refractivity contribution in [3.8, 4) is 0 Å². The Balaban J connectivity index is 1.90. The van der Waals surface area contributed by atoms with Crippen LogP contribution in [-0.2, 0) is 11.2 Å². The molecule has 0 aliphatic carbocycles. The highest BCUT2D eigenvalue weighted by atomic mass is 35.5. The van der Waals surface area contributed by atoms with Crippen LogP contribution < -0.4 is 4.90 Å². The molecule has 1 heterocycles. The van der Waals surface area contributed by atoms with Crippen LogP contribution in [0.2, 0.25) is 5.02 Å². The van der Waals surface area contributed by atoms with Gasteiger partial charge < -0.3 is 4.90 Å². The summed E-state index contributed by atoms with van der Waals surface area (Å²) >= 11 is 6.17. The highest BCUT2D eigenvalue weighted by molar-refractivity contribution is 6.31. The molecule has 0 spiro atoms. The molecule has 2 aromatic carbocycles. The lowest BCUT2D eigenvalue weighted by Crippen LogP contribution is -2.35. The zero-order valence-electron chi connectivity index (χ0n) is 11.4. The fraction of sp³-hybridized carbons (Fsp3) is 0.235. The third-order valence-corrected chi connectivity index (χ3v) is 4.17. The van der Waals surface area contributed by atoms with E-state index in [2.05, 4.69) is 0 Å². The minimum absolute atomic E-state index is 0.199. The van der Waals surface area contributed by atoms with Crippen LogP contribution in [-0.4, -0.2) is 18.1 Å². The van der Waals surface area contributed by atoms with Crippen LogP contribution in [0.1, 0.15) is 12.0 Å². The van der Waals surface area contributed by atoms with Gasteiger partial charge in [0.25, 0.3) is 5.91 Å². The summed E-state index contributed by atoms with van der Waals surface area (Å²) in [4.78, 5) is 13.7. The molecule has 2 unspecified atom stereocenters. The third-order valence-electron chi connectivity index (χ3n) is 3.80. The number of halogens is 2. The van der Waals surface area contributed by atoms with Crippen molar-refractivity contribution in [2.45, 2.75) is 25.1 Å². The van der Waals surface area contributed by atoms with Crippen molar-refractivity contribution in [1.29, 1.82) is 0 Å². The van der Waals surface area contributed by atoms with Gasteiger partial charge in [0.2, 0.25) is 0 Å². The Labute approximate surface area is 128 Å². The van der Waals surface area contributed by atoms with Gasteiger partial charge in [0.05, 0.1) is 0 Å². The molecule has 1 amide bonds. The number of amides is 1. The molecule has 0 saturated carbocycles. The molecule has 108 valence electrons. The molecular formula is C17H15ClFNO. The maximum atomic E-state index is 13.9. The first kappa shape index (κ1) is 14.1. The smallest absolute Gasteiger partial charge is 0.261 e. The summed E-state index contributed by atoms with van der Waals surface area (Å²) in [5, 5.41) is 0.653. The van der Waals surface area contributed by atoms with Gasteiger partial charge >= 0.3 is 0 Å². The number of carbonyl (C=O) groups excluding carboxylic acids is 1. The number of para-hydroxylation sites is 1. The molecule has 0 N–H and O–H groups in total. The number of alkyl halides is 1. The lowest BCUT2D eigenvalue weighted by Gasteiger charge is -2.25. The molecule has 0 bridgehead atoms. The Hall–Kier alpha value is -1.87. The third kappa shape index (κ3) is 2.79. The van der Waals surface area contributed by atoms with Crippen LogP contribution in [0.25, 0.3) is 0 Å². The zero-order chi connectivity index (χ0) is 14.8. The van der Waals surface area contributed by atoms with E-state index in [1.54, 1.807) is 4.90 Å². The number of anilines is 1. The molecule has 1 saturated heterocycles. The maximum absolute atomic E-state index is 13.9. The first-order valence-electron chi connectivity index (χ1n) is 6.92. The van der Waals surface area contributed by atoms with E-state index in [-0.39, 0.29) is 12.5 Å². The second-order valence-electron chi connectivity index (χ2n) is 5.20. The Morgan fingerprint density at radius 3 is 2.48 bits per heavy atom. The average Bonchev–Trinajstić information content (AvgIpc) is 2.77. The van der Waals surface area contributed by atoms with Crippen molar-refractivity contribution in [3.05, 3.63) is 65.2 Å². The van der Waals surface area contributed by atoms with E-state index in [0.29, 0.717) is 11.4 Å². The van der Waals surface area contributed by atoms with Gasteiger partial charge in [0.1, 0.15) is 0 Å². The molecule has 2 aromatic rings. The summed E-state index contributed by atoms with van der Waals surface area (Å²) < 4.78 is 13.9. The highest BCUT2D eigenvalue weighted by Crippen LogP contribution is 2.31. The number of carbonyl (C=O) groups is 1. The number of rotatable bonds is 3. The molecular weight excluding hydrogens is 289 g/mol. The number of hydrogen-bond acceptors (Lipinski definition) is 1. The van der Waals surface area contributed by atoms with Crippen LogP contribution in [0.4, 0.5) is 10.1 Å². The minimum atomic E-state index is -1.43. The summed E-state index contributed by atoms with van der Waals surface area (Å²) in [7, 11) is 0. The van der Waals surface area contributed by atoms with Gasteiger partial charge in [-0.2, -0.15) is 0 Å². The lowest BCUT2D eigenvalue weighted by molar-refractivity contribution is -0.121. The van der Waals surface area contributed by atoms with E-state index < -0.39 is 12.1 Å². The molecule has 21 heavy (non-hydrogen) atoms. The molecule has 2 atom stereocenters. The second-order valence-corrected chi connectivity index (χ2v) is 5.60. The van der Waals surface area contributed by atoms with Crippen molar-refractivity contribution in [2.75, 3.05) is 4.90 Å². The van der Waals surface area contributed by atoms with Crippen molar-refractivity contribution in [1.82, 2.24) is 0 Å². The molecule has 3 rings (SSSR count). The highest BCUT2D eigenvalue weighted by Gasteiger charge is 2.40. The van der Waals surface area contributed by atoms with Gasteiger partial charge in [-0.05, 0) is 30.2 Å². The molecule has 0 radical (unpaired) electrons. The van der Waals surface area contributed by atoms with E-state index >= 15 is 0 Å². The Morgan fingerprint density at radius 1 is 1.10 bits per heavy atom. The summed E-state index contributed by atoms with van der Waals surface area (Å²) in [6.45, 7) is 0. The van der Waals surface area contributed by atoms with Crippen LogP contribution in [0.5, 0.6) is 0 Å². The van der Waals surface area contributed by atoms with Crippen LogP contribution >= 0.6 is 11.6 Å². The summed E-state index contributed by atoms with van der Waals surface area (Å²) in [5.41, 5.74) is 1.67. The summed E-state index contributed by atoms with van der Waals surface area (Å²) in [6.07, 6.45) is -0.669. The van der Waals surface area contributed by atoms with E-state index in [1.807, 2.05) is 54.6 Å². The summed E-state index contributed by atoms with van der Waals surface area (Å²) in [6, 6.07) is 16.5. The van der Waals surface area contributed by atoms with Crippen molar-refractivity contribution >= 4 is 23.2 Å². The van der Waals surface area contributed by atoms with Crippen molar-refractivity contribution in [3.63, 3.8) is 0 Å². The van der Waals surface area contributed by atoms with Crippen LogP contribution in [0.15, 0.2) is 54.6 Å². The van der Waals surface area contributed by atoms with E-state index in [0.717, 1.165) is 11.3 Å². The standard InChI is InChI=1S/C17H15ClFNO/c18-15-9-5-4-6-12(15)10-14-11-16(19)17(21)20(14)13-7-2-1-3-8-13/h1-9,14,16H,10-11H2. The lowest BCUT2D eigenvalue weighted by atomic mass is 10.0. The minimum Gasteiger partial charge on any atom is -0.306 e. The molecule has 1 fully saturated rings.